The van der Waals surface area contributed by atoms with Gasteiger partial charge in [-0.25, -0.2) is 0 Å². The first-order chi connectivity index (χ1) is 11.3. The molecule has 3 heteroatoms. The Morgan fingerprint density at radius 1 is 1.21 bits per heavy atom. The Morgan fingerprint density at radius 3 is 2.46 bits per heavy atom. The van der Waals surface area contributed by atoms with Crippen molar-refractivity contribution in [3.05, 3.63) is 34.9 Å². The standard InChI is InChI=1S/C21H34ClNO/c1-6-20(5)15-21(16(2)3,12-14-24-20)11-13-23-17(4)18-7-9-19(22)10-8-18/h7-10,16-17,23H,6,11-15H2,1-5H3/p+1/t17-,20-,21-/m0/s1. The number of halogens is 1. The van der Waals surface area contributed by atoms with Crippen molar-refractivity contribution in [2.24, 2.45) is 11.3 Å². The van der Waals surface area contributed by atoms with Gasteiger partial charge in [-0.3, -0.25) is 0 Å². The van der Waals surface area contributed by atoms with Gasteiger partial charge in [0, 0.05) is 23.6 Å². The predicted molar refractivity (Wildman–Crippen MR) is 102 cm³/mol. The maximum atomic E-state index is 6.11. The lowest BCUT2D eigenvalue weighted by Crippen LogP contribution is -2.85. The molecule has 0 spiro atoms. The molecule has 1 aliphatic rings. The first-order valence-corrected chi connectivity index (χ1v) is 9.91. The van der Waals surface area contributed by atoms with E-state index >= 15 is 0 Å². The first kappa shape index (κ1) is 19.8. The van der Waals surface area contributed by atoms with Gasteiger partial charge in [0.15, 0.2) is 0 Å². The van der Waals surface area contributed by atoms with E-state index in [0.29, 0.717) is 17.4 Å². The second-order valence-electron chi connectivity index (χ2n) is 8.21. The Labute approximate surface area is 153 Å². The smallest absolute Gasteiger partial charge is 0.109 e. The average Bonchev–Trinajstić information content (AvgIpc) is 2.55. The van der Waals surface area contributed by atoms with Gasteiger partial charge in [0.25, 0.3) is 0 Å². The third kappa shape index (κ3) is 4.74. The van der Waals surface area contributed by atoms with Crippen LogP contribution in [0.25, 0.3) is 0 Å². The highest BCUT2D eigenvalue weighted by Crippen LogP contribution is 2.47. The van der Waals surface area contributed by atoms with Gasteiger partial charge in [0.05, 0.1) is 12.1 Å². The second kappa shape index (κ2) is 8.21. The Balaban J connectivity index is 1.95. The van der Waals surface area contributed by atoms with E-state index in [0.717, 1.165) is 18.1 Å². The highest BCUT2D eigenvalue weighted by Gasteiger charge is 2.44. The van der Waals surface area contributed by atoms with Crippen LogP contribution in [0.4, 0.5) is 0 Å². The van der Waals surface area contributed by atoms with E-state index < -0.39 is 0 Å². The van der Waals surface area contributed by atoms with Gasteiger partial charge in [-0.05, 0) is 56.6 Å². The van der Waals surface area contributed by atoms with Gasteiger partial charge >= 0.3 is 0 Å². The van der Waals surface area contributed by atoms with Crippen LogP contribution in [0.3, 0.4) is 0 Å². The molecular formula is C21H35ClNO+. The molecule has 2 rings (SSSR count). The van der Waals surface area contributed by atoms with Crippen molar-refractivity contribution in [2.75, 3.05) is 13.2 Å². The third-order valence-electron chi connectivity index (χ3n) is 6.31. The van der Waals surface area contributed by atoms with Crippen LogP contribution in [0.2, 0.25) is 5.02 Å². The van der Waals surface area contributed by atoms with Crippen molar-refractivity contribution in [1.82, 2.24) is 0 Å². The molecule has 0 amide bonds. The van der Waals surface area contributed by atoms with Crippen molar-refractivity contribution in [1.29, 1.82) is 0 Å². The van der Waals surface area contributed by atoms with Crippen molar-refractivity contribution in [2.45, 2.75) is 71.9 Å². The summed E-state index contributed by atoms with van der Waals surface area (Å²) in [7, 11) is 0. The fourth-order valence-electron chi connectivity index (χ4n) is 4.13. The zero-order chi connectivity index (χ0) is 17.8. The molecule has 0 unspecified atom stereocenters. The van der Waals surface area contributed by atoms with Crippen LogP contribution in [0.15, 0.2) is 24.3 Å². The zero-order valence-electron chi connectivity index (χ0n) is 16.1. The third-order valence-corrected chi connectivity index (χ3v) is 6.56. The maximum Gasteiger partial charge on any atom is 0.109 e. The number of quaternary nitrogens is 1. The lowest BCUT2D eigenvalue weighted by molar-refractivity contribution is -0.694. The molecule has 0 aliphatic carbocycles. The van der Waals surface area contributed by atoms with Crippen LogP contribution in [0, 0.1) is 11.3 Å². The summed E-state index contributed by atoms with van der Waals surface area (Å²) in [5, 5.41) is 3.29. The molecule has 2 nitrogen and oxygen atoms in total. The van der Waals surface area contributed by atoms with Crippen LogP contribution >= 0.6 is 11.6 Å². The SMILES string of the molecule is CC[C@@]1(C)C[C@@](CC[NH2+][C@@H](C)c2ccc(Cl)cc2)(C(C)C)CCO1. The van der Waals surface area contributed by atoms with E-state index in [1.807, 2.05) is 12.1 Å². The molecule has 0 aromatic heterocycles. The molecule has 0 saturated carbocycles. The first-order valence-electron chi connectivity index (χ1n) is 9.53. The summed E-state index contributed by atoms with van der Waals surface area (Å²) in [6.45, 7) is 13.7. The summed E-state index contributed by atoms with van der Waals surface area (Å²) >= 11 is 5.99. The highest BCUT2D eigenvalue weighted by molar-refractivity contribution is 6.30. The Kier molecular flexibility index (Phi) is 6.75. The summed E-state index contributed by atoms with van der Waals surface area (Å²) in [6.07, 6.45) is 4.76. The molecule has 1 aromatic carbocycles. The fourth-order valence-corrected chi connectivity index (χ4v) is 4.26. The van der Waals surface area contributed by atoms with Gasteiger partial charge in [-0.2, -0.15) is 0 Å². The largest absolute Gasteiger partial charge is 0.375 e. The minimum absolute atomic E-state index is 0.0598. The van der Waals surface area contributed by atoms with Crippen LogP contribution in [0.5, 0.6) is 0 Å². The number of nitrogens with two attached hydrogens (primary N) is 1. The number of benzene rings is 1. The van der Waals surface area contributed by atoms with Gasteiger partial charge in [0.2, 0.25) is 0 Å². The highest BCUT2D eigenvalue weighted by atomic mass is 35.5. The minimum atomic E-state index is 0.0598. The van der Waals surface area contributed by atoms with Gasteiger partial charge in [0.1, 0.15) is 6.04 Å². The number of hydrogen-bond acceptors (Lipinski definition) is 1. The predicted octanol–water partition coefficient (Wildman–Crippen LogP) is 4.98. The lowest BCUT2D eigenvalue weighted by Gasteiger charge is -2.48. The van der Waals surface area contributed by atoms with Crippen molar-refractivity contribution in [3.63, 3.8) is 0 Å². The summed E-state index contributed by atoms with van der Waals surface area (Å²) in [5.41, 5.74) is 1.83. The molecule has 1 saturated heterocycles. The summed E-state index contributed by atoms with van der Waals surface area (Å²) in [5.74, 6) is 0.700. The summed E-state index contributed by atoms with van der Waals surface area (Å²) < 4.78 is 6.11. The summed E-state index contributed by atoms with van der Waals surface area (Å²) in [6, 6.07) is 8.74. The van der Waals surface area contributed by atoms with Gasteiger partial charge < -0.3 is 10.1 Å². The van der Waals surface area contributed by atoms with Crippen molar-refractivity contribution < 1.29 is 10.1 Å². The monoisotopic (exact) mass is 352 g/mol. The van der Waals surface area contributed by atoms with E-state index in [-0.39, 0.29) is 5.60 Å². The lowest BCUT2D eigenvalue weighted by atomic mass is 9.64. The van der Waals surface area contributed by atoms with Crippen molar-refractivity contribution >= 4 is 11.6 Å². The molecule has 2 N–H and O–H groups in total. The zero-order valence-corrected chi connectivity index (χ0v) is 16.8. The molecule has 0 radical (unpaired) electrons. The molecule has 1 aliphatic heterocycles. The average molecular weight is 353 g/mol. The molecule has 136 valence electrons. The van der Waals surface area contributed by atoms with E-state index in [4.69, 9.17) is 16.3 Å². The number of ether oxygens (including phenoxy) is 1. The van der Waals surface area contributed by atoms with Crippen LogP contribution in [-0.4, -0.2) is 18.8 Å². The normalized spacial score (nSPS) is 29.0. The van der Waals surface area contributed by atoms with Crippen LogP contribution in [-0.2, 0) is 4.74 Å². The molecule has 3 atom stereocenters. The Morgan fingerprint density at radius 2 is 1.88 bits per heavy atom. The molecule has 1 aromatic rings. The van der Waals surface area contributed by atoms with E-state index in [1.165, 1.54) is 31.4 Å². The van der Waals surface area contributed by atoms with Crippen LogP contribution in [0.1, 0.15) is 71.9 Å². The fraction of sp³-hybridized carbons (Fsp3) is 0.714. The maximum absolute atomic E-state index is 6.11. The topological polar surface area (TPSA) is 25.8 Å². The summed E-state index contributed by atoms with van der Waals surface area (Å²) in [4.78, 5) is 0. The van der Waals surface area contributed by atoms with Gasteiger partial charge in [-0.1, -0.05) is 44.5 Å². The van der Waals surface area contributed by atoms with Gasteiger partial charge in [-0.15, -0.1) is 0 Å². The Bertz CT molecular complexity index is 515. The Hall–Kier alpha value is -0.570. The molecular weight excluding hydrogens is 318 g/mol. The number of hydrogen-bond donors (Lipinski definition) is 1. The molecule has 1 fully saturated rings. The molecule has 1 heterocycles. The van der Waals surface area contributed by atoms with E-state index in [9.17, 15) is 0 Å². The minimum Gasteiger partial charge on any atom is -0.375 e. The van der Waals surface area contributed by atoms with Crippen LogP contribution < -0.4 is 5.32 Å². The van der Waals surface area contributed by atoms with Crippen molar-refractivity contribution in [3.8, 4) is 0 Å². The molecule has 24 heavy (non-hydrogen) atoms. The van der Waals surface area contributed by atoms with E-state index in [2.05, 4.69) is 52.1 Å². The number of rotatable bonds is 7. The van der Waals surface area contributed by atoms with E-state index in [1.54, 1.807) is 0 Å². The molecule has 0 bridgehead atoms. The quantitative estimate of drug-likeness (QED) is 0.736. The second-order valence-corrected chi connectivity index (χ2v) is 8.65.